The summed E-state index contributed by atoms with van der Waals surface area (Å²) in [5.74, 6) is 0.260. The molecular formula is C12H11NO4S. The first-order chi connectivity index (χ1) is 8.70. The van der Waals surface area contributed by atoms with Crippen molar-refractivity contribution in [1.29, 1.82) is 0 Å². The Morgan fingerprint density at radius 1 is 1.39 bits per heavy atom. The summed E-state index contributed by atoms with van der Waals surface area (Å²) in [7, 11) is 1.56. The third-order valence-electron chi connectivity index (χ3n) is 2.18. The number of hydrogen-bond donors (Lipinski definition) is 1. The molecule has 0 radical (unpaired) electrons. The zero-order chi connectivity index (χ0) is 13.0. The Hall–Kier alpha value is -2.08. The van der Waals surface area contributed by atoms with Crippen LogP contribution >= 0.6 is 11.3 Å². The van der Waals surface area contributed by atoms with Gasteiger partial charge >= 0.3 is 5.97 Å². The normalized spacial score (nSPS) is 10.1. The van der Waals surface area contributed by atoms with Crippen molar-refractivity contribution in [1.82, 2.24) is 4.98 Å². The number of carboxylic acid groups (broad SMARTS) is 1. The molecule has 0 fully saturated rings. The number of ether oxygens (including phenoxy) is 2. The summed E-state index contributed by atoms with van der Waals surface area (Å²) < 4.78 is 10.7. The molecule has 0 spiro atoms. The van der Waals surface area contributed by atoms with Crippen molar-refractivity contribution in [3.63, 3.8) is 0 Å². The van der Waals surface area contributed by atoms with E-state index < -0.39 is 5.97 Å². The summed E-state index contributed by atoms with van der Waals surface area (Å²) in [5.41, 5.74) is 0. The third-order valence-corrected chi connectivity index (χ3v) is 3.14. The largest absolute Gasteiger partial charge is 0.493 e. The molecule has 0 bridgehead atoms. The molecule has 6 heteroatoms. The van der Waals surface area contributed by atoms with Crippen LogP contribution in [0.4, 0.5) is 0 Å². The van der Waals surface area contributed by atoms with Gasteiger partial charge in [-0.15, -0.1) is 11.3 Å². The number of carbonyl (C=O) groups is 1. The van der Waals surface area contributed by atoms with Gasteiger partial charge < -0.3 is 14.6 Å². The van der Waals surface area contributed by atoms with Crippen LogP contribution in [-0.4, -0.2) is 23.2 Å². The fourth-order valence-corrected chi connectivity index (χ4v) is 2.02. The molecule has 0 saturated carbocycles. The average molecular weight is 265 g/mol. The quantitative estimate of drug-likeness (QED) is 0.899. The summed E-state index contributed by atoms with van der Waals surface area (Å²) in [4.78, 5) is 14.9. The Balaban J connectivity index is 2.04. The zero-order valence-electron chi connectivity index (χ0n) is 9.62. The minimum atomic E-state index is -0.976. The highest BCUT2D eigenvalue weighted by atomic mass is 32.1. The van der Waals surface area contributed by atoms with Crippen LogP contribution in [0.2, 0.25) is 0 Å². The smallest absolute Gasteiger partial charge is 0.347 e. The van der Waals surface area contributed by atoms with Crippen molar-refractivity contribution < 1.29 is 19.4 Å². The molecule has 1 heterocycles. The molecule has 5 nitrogen and oxygen atoms in total. The Morgan fingerprint density at radius 2 is 2.11 bits per heavy atom. The van der Waals surface area contributed by atoms with E-state index in [1.54, 1.807) is 19.2 Å². The first-order valence-electron chi connectivity index (χ1n) is 5.14. The summed E-state index contributed by atoms with van der Waals surface area (Å²) >= 11 is 1.10. The molecule has 18 heavy (non-hydrogen) atoms. The molecule has 0 unspecified atom stereocenters. The molecule has 1 aromatic carbocycles. The number of para-hydroxylation sites is 2. The van der Waals surface area contributed by atoms with Gasteiger partial charge in [-0.1, -0.05) is 12.1 Å². The van der Waals surface area contributed by atoms with Crippen LogP contribution in [0, 0.1) is 0 Å². The minimum Gasteiger partial charge on any atom is -0.493 e. The molecule has 0 aliphatic rings. The van der Waals surface area contributed by atoms with Gasteiger partial charge in [0.25, 0.3) is 0 Å². The zero-order valence-corrected chi connectivity index (χ0v) is 10.4. The highest BCUT2D eigenvalue weighted by Crippen LogP contribution is 2.27. The lowest BCUT2D eigenvalue weighted by atomic mass is 10.3. The van der Waals surface area contributed by atoms with Crippen molar-refractivity contribution in [3.8, 4) is 11.5 Å². The van der Waals surface area contributed by atoms with E-state index in [1.807, 2.05) is 12.1 Å². The standard InChI is InChI=1S/C12H11NO4S/c1-16-8-4-2-3-5-9(8)17-7-11-13-6-10(18-11)12(14)15/h2-6H,7H2,1H3,(H,14,15). The lowest BCUT2D eigenvalue weighted by Crippen LogP contribution is -1.96. The summed E-state index contributed by atoms with van der Waals surface area (Å²) in [6.45, 7) is 0.221. The monoisotopic (exact) mass is 265 g/mol. The van der Waals surface area contributed by atoms with Gasteiger partial charge in [-0.2, -0.15) is 0 Å². The number of thiazole rings is 1. The average Bonchev–Trinajstić information content (AvgIpc) is 2.85. The molecule has 94 valence electrons. The first-order valence-corrected chi connectivity index (χ1v) is 5.96. The summed E-state index contributed by atoms with van der Waals surface area (Å²) in [6.07, 6.45) is 1.33. The summed E-state index contributed by atoms with van der Waals surface area (Å²) in [5, 5.41) is 9.38. The topological polar surface area (TPSA) is 68.7 Å². The van der Waals surface area contributed by atoms with Gasteiger partial charge in [-0.3, -0.25) is 0 Å². The lowest BCUT2D eigenvalue weighted by Gasteiger charge is -2.08. The van der Waals surface area contributed by atoms with Gasteiger partial charge in [0.2, 0.25) is 0 Å². The molecule has 2 aromatic rings. The summed E-state index contributed by atoms with van der Waals surface area (Å²) in [6, 6.07) is 7.25. The van der Waals surface area contributed by atoms with Crippen LogP contribution in [-0.2, 0) is 6.61 Å². The van der Waals surface area contributed by atoms with E-state index in [2.05, 4.69) is 4.98 Å². The van der Waals surface area contributed by atoms with Crippen molar-refractivity contribution in [2.75, 3.05) is 7.11 Å². The number of nitrogens with zero attached hydrogens (tertiary/aromatic N) is 1. The SMILES string of the molecule is COc1ccccc1OCc1ncc(C(=O)O)s1. The number of carboxylic acids is 1. The second-order valence-electron chi connectivity index (χ2n) is 3.36. The minimum absolute atomic E-state index is 0.202. The van der Waals surface area contributed by atoms with Gasteiger partial charge in [0, 0.05) is 0 Å². The van der Waals surface area contributed by atoms with Gasteiger partial charge in [0.15, 0.2) is 11.5 Å². The van der Waals surface area contributed by atoms with Gasteiger partial charge in [0.05, 0.1) is 13.3 Å². The molecule has 1 N–H and O–H groups in total. The van der Waals surface area contributed by atoms with Crippen molar-refractivity contribution >= 4 is 17.3 Å². The molecule has 0 aliphatic heterocycles. The Morgan fingerprint density at radius 3 is 2.72 bits per heavy atom. The molecule has 2 rings (SSSR count). The molecule has 0 amide bonds. The maximum atomic E-state index is 10.7. The highest BCUT2D eigenvalue weighted by molar-refractivity contribution is 7.13. The number of aromatic nitrogens is 1. The second-order valence-corrected chi connectivity index (χ2v) is 4.48. The maximum absolute atomic E-state index is 10.7. The lowest BCUT2D eigenvalue weighted by molar-refractivity contribution is 0.0702. The number of methoxy groups -OCH3 is 1. The van der Waals surface area contributed by atoms with E-state index in [-0.39, 0.29) is 11.5 Å². The number of aromatic carboxylic acids is 1. The van der Waals surface area contributed by atoms with Crippen LogP contribution in [0.3, 0.4) is 0 Å². The van der Waals surface area contributed by atoms with Gasteiger partial charge in [-0.25, -0.2) is 9.78 Å². The highest BCUT2D eigenvalue weighted by Gasteiger charge is 2.09. The Bertz CT molecular complexity index is 553. The van der Waals surface area contributed by atoms with E-state index in [0.29, 0.717) is 16.5 Å². The predicted molar refractivity (Wildman–Crippen MR) is 66.4 cm³/mol. The molecule has 0 saturated heterocycles. The molecule has 0 atom stereocenters. The van der Waals surface area contributed by atoms with E-state index >= 15 is 0 Å². The van der Waals surface area contributed by atoms with Crippen LogP contribution in [0.25, 0.3) is 0 Å². The van der Waals surface area contributed by atoms with E-state index in [1.165, 1.54) is 6.20 Å². The number of hydrogen-bond acceptors (Lipinski definition) is 5. The van der Waals surface area contributed by atoms with Crippen LogP contribution in [0.15, 0.2) is 30.5 Å². The van der Waals surface area contributed by atoms with E-state index in [0.717, 1.165) is 11.3 Å². The first kappa shape index (κ1) is 12.4. The third kappa shape index (κ3) is 2.78. The number of rotatable bonds is 5. The predicted octanol–water partition coefficient (Wildman–Crippen LogP) is 2.43. The molecule has 0 aliphatic carbocycles. The molecule has 1 aromatic heterocycles. The maximum Gasteiger partial charge on any atom is 0.347 e. The Labute approximate surface area is 108 Å². The fraction of sp³-hybridized carbons (Fsp3) is 0.167. The van der Waals surface area contributed by atoms with Crippen LogP contribution in [0.1, 0.15) is 14.7 Å². The van der Waals surface area contributed by atoms with Crippen LogP contribution in [0.5, 0.6) is 11.5 Å². The van der Waals surface area contributed by atoms with Crippen molar-refractivity contribution in [2.24, 2.45) is 0 Å². The van der Waals surface area contributed by atoms with Crippen LogP contribution < -0.4 is 9.47 Å². The van der Waals surface area contributed by atoms with Gasteiger partial charge in [-0.05, 0) is 12.1 Å². The van der Waals surface area contributed by atoms with E-state index in [9.17, 15) is 4.79 Å². The Kier molecular flexibility index (Phi) is 3.78. The van der Waals surface area contributed by atoms with E-state index in [4.69, 9.17) is 14.6 Å². The second kappa shape index (κ2) is 5.50. The number of benzene rings is 1. The fourth-order valence-electron chi connectivity index (χ4n) is 1.35. The van der Waals surface area contributed by atoms with Crippen molar-refractivity contribution in [3.05, 3.63) is 40.3 Å². The van der Waals surface area contributed by atoms with Crippen molar-refractivity contribution in [2.45, 2.75) is 6.61 Å². The van der Waals surface area contributed by atoms with Gasteiger partial charge in [0.1, 0.15) is 16.5 Å². The molecular weight excluding hydrogens is 254 g/mol.